The lowest BCUT2D eigenvalue weighted by Crippen LogP contribution is -2.33. The van der Waals surface area contributed by atoms with Gasteiger partial charge in [-0.25, -0.2) is 8.42 Å². The van der Waals surface area contributed by atoms with E-state index in [4.69, 9.17) is 4.42 Å². The van der Waals surface area contributed by atoms with Crippen molar-refractivity contribution in [2.45, 2.75) is 31.3 Å². The SMILES string of the molecule is CC(C)N(C)S(=O)(=O)c1ccc(C(=O)NCc2cccc(NC(=O)c3ccco3)c2)cc1. The molecule has 1 heterocycles. The largest absolute Gasteiger partial charge is 0.459 e. The highest BCUT2D eigenvalue weighted by Gasteiger charge is 2.23. The molecule has 0 fully saturated rings. The third-order valence-electron chi connectivity index (χ3n) is 4.90. The average molecular weight is 456 g/mol. The van der Waals surface area contributed by atoms with Crippen LogP contribution in [0.25, 0.3) is 0 Å². The minimum atomic E-state index is -3.61. The van der Waals surface area contributed by atoms with Gasteiger partial charge in [-0.1, -0.05) is 12.1 Å². The summed E-state index contributed by atoms with van der Waals surface area (Å²) in [7, 11) is -2.09. The number of carbonyl (C=O) groups excluding carboxylic acids is 2. The summed E-state index contributed by atoms with van der Waals surface area (Å²) in [4.78, 5) is 24.7. The number of furan rings is 1. The van der Waals surface area contributed by atoms with Gasteiger partial charge in [-0.05, 0) is 67.9 Å². The molecule has 0 unspecified atom stereocenters. The summed E-state index contributed by atoms with van der Waals surface area (Å²) in [5.41, 5.74) is 1.70. The zero-order valence-electron chi connectivity index (χ0n) is 18.0. The maximum Gasteiger partial charge on any atom is 0.291 e. The van der Waals surface area contributed by atoms with Gasteiger partial charge in [0.05, 0.1) is 11.2 Å². The lowest BCUT2D eigenvalue weighted by molar-refractivity contribution is 0.0949. The molecule has 2 N–H and O–H groups in total. The Kier molecular flexibility index (Phi) is 7.12. The van der Waals surface area contributed by atoms with Gasteiger partial charge in [0.1, 0.15) is 0 Å². The number of carbonyl (C=O) groups is 2. The first-order valence-electron chi connectivity index (χ1n) is 9.98. The predicted octanol–water partition coefficient (Wildman–Crippen LogP) is 3.49. The molecule has 0 saturated heterocycles. The Bertz CT molecular complexity index is 1190. The fourth-order valence-corrected chi connectivity index (χ4v) is 4.23. The van der Waals surface area contributed by atoms with Gasteiger partial charge in [0.25, 0.3) is 11.8 Å². The van der Waals surface area contributed by atoms with Crippen molar-refractivity contribution < 1.29 is 22.4 Å². The van der Waals surface area contributed by atoms with Crippen molar-refractivity contribution in [2.24, 2.45) is 0 Å². The average Bonchev–Trinajstić information content (AvgIpc) is 3.32. The fraction of sp³-hybridized carbons (Fsp3) is 0.217. The summed E-state index contributed by atoms with van der Waals surface area (Å²) in [5, 5.41) is 5.53. The molecule has 0 aliphatic rings. The van der Waals surface area contributed by atoms with E-state index in [9.17, 15) is 18.0 Å². The van der Waals surface area contributed by atoms with Gasteiger partial charge in [0.15, 0.2) is 5.76 Å². The molecule has 3 aromatic rings. The monoisotopic (exact) mass is 455 g/mol. The Balaban J connectivity index is 1.62. The lowest BCUT2D eigenvalue weighted by Gasteiger charge is -2.21. The molecule has 9 heteroatoms. The van der Waals surface area contributed by atoms with Gasteiger partial charge in [-0.15, -0.1) is 0 Å². The molecule has 0 bridgehead atoms. The van der Waals surface area contributed by atoms with Crippen LogP contribution in [0, 0.1) is 0 Å². The summed E-state index contributed by atoms with van der Waals surface area (Å²) in [6.07, 6.45) is 1.42. The molecule has 2 aromatic carbocycles. The molecule has 3 rings (SSSR count). The summed E-state index contributed by atoms with van der Waals surface area (Å²) in [5.74, 6) is -0.501. The maximum absolute atomic E-state index is 12.5. The van der Waals surface area contributed by atoms with Crippen molar-refractivity contribution >= 4 is 27.5 Å². The Hall–Kier alpha value is -3.43. The van der Waals surface area contributed by atoms with Gasteiger partial charge in [-0.3, -0.25) is 9.59 Å². The molecular formula is C23H25N3O5S. The summed E-state index contributed by atoms with van der Waals surface area (Å²) in [6, 6.07) is 15.9. The second-order valence-corrected chi connectivity index (χ2v) is 9.45. The molecule has 0 spiro atoms. The zero-order chi connectivity index (χ0) is 23.3. The quantitative estimate of drug-likeness (QED) is 0.540. The number of anilines is 1. The van der Waals surface area contributed by atoms with Gasteiger partial charge in [0.2, 0.25) is 10.0 Å². The van der Waals surface area contributed by atoms with Crippen molar-refractivity contribution in [1.82, 2.24) is 9.62 Å². The Morgan fingerprint density at radius 1 is 1.00 bits per heavy atom. The van der Waals surface area contributed by atoms with Gasteiger partial charge < -0.3 is 15.1 Å². The van der Waals surface area contributed by atoms with Crippen molar-refractivity contribution in [3.8, 4) is 0 Å². The molecule has 0 aliphatic heterocycles. The van der Waals surface area contributed by atoms with Crippen molar-refractivity contribution in [2.75, 3.05) is 12.4 Å². The minimum absolute atomic E-state index is 0.130. The van der Waals surface area contributed by atoms with Crippen molar-refractivity contribution in [3.63, 3.8) is 0 Å². The predicted molar refractivity (Wildman–Crippen MR) is 121 cm³/mol. The first-order chi connectivity index (χ1) is 15.2. The third kappa shape index (κ3) is 5.43. The highest BCUT2D eigenvalue weighted by Crippen LogP contribution is 2.17. The van der Waals surface area contributed by atoms with E-state index in [1.165, 1.54) is 41.9 Å². The fourth-order valence-electron chi connectivity index (χ4n) is 2.87. The number of benzene rings is 2. The lowest BCUT2D eigenvalue weighted by atomic mass is 10.1. The van der Waals surface area contributed by atoms with E-state index >= 15 is 0 Å². The smallest absolute Gasteiger partial charge is 0.291 e. The van der Waals surface area contributed by atoms with Crippen LogP contribution >= 0.6 is 0 Å². The van der Waals surface area contributed by atoms with Crippen LogP contribution in [0.15, 0.2) is 76.2 Å². The number of hydrogen-bond donors (Lipinski definition) is 2. The normalized spacial score (nSPS) is 11.5. The van der Waals surface area contributed by atoms with Gasteiger partial charge in [-0.2, -0.15) is 4.31 Å². The molecule has 32 heavy (non-hydrogen) atoms. The van der Waals surface area contributed by atoms with Crippen LogP contribution in [-0.2, 0) is 16.6 Å². The van der Waals surface area contributed by atoms with Crippen LogP contribution in [-0.4, -0.2) is 37.6 Å². The summed E-state index contributed by atoms with van der Waals surface area (Å²) in [6.45, 7) is 3.81. The van der Waals surface area contributed by atoms with E-state index < -0.39 is 10.0 Å². The van der Waals surface area contributed by atoms with E-state index in [1.807, 2.05) is 6.07 Å². The molecular weight excluding hydrogens is 430 g/mol. The molecule has 8 nitrogen and oxygen atoms in total. The molecule has 2 amide bonds. The molecule has 1 aromatic heterocycles. The van der Waals surface area contributed by atoms with E-state index in [0.717, 1.165) is 5.56 Å². The highest BCUT2D eigenvalue weighted by molar-refractivity contribution is 7.89. The molecule has 0 radical (unpaired) electrons. The maximum atomic E-state index is 12.5. The van der Waals surface area contributed by atoms with E-state index in [-0.39, 0.29) is 35.1 Å². The van der Waals surface area contributed by atoms with E-state index in [2.05, 4.69) is 10.6 Å². The second-order valence-electron chi connectivity index (χ2n) is 7.45. The Morgan fingerprint density at radius 3 is 2.34 bits per heavy atom. The third-order valence-corrected chi connectivity index (χ3v) is 6.95. The topological polar surface area (TPSA) is 109 Å². The van der Waals surface area contributed by atoms with Gasteiger partial charge in [0, 0.05) is 30.9 Å². The van der Waals surface area contributed by atoms with Gasteiger partial charge >= 0.3 is 0 Å². The molecule has 0 aliphatic carbocycles. The Morgan fingerprint density at radius 2 is 1.72 bits per heavy atom. The number of amides is 2. The Labute approximate surface area is 187 Å². The van der Waals surface area contributed by atoms with Crippen LogP contribution in [0.4, 0.5) is 5.69 Å². The van der Waals surface area contributed by atoms with E-state index in [1.54, 1.807) is 44.2 Å². The minimum Gasteiger partial charge on any atom is -0.459 e. The first kappa shape index (κ1) is 23.2. The van der Waals surface area contributed by atoms with E-state index in [0.29, 0.717) is 11.3 Å². The van der Waals surface area contributed by atoms with Crippen molar-refractivity contribution in [3.05, 3.63) is 83.8 Å². The van der Waals surface area contributed by atoms with Crippen LogP contribution in [0.5, 0.6) is 0 Å². The van der Waals surface area contributed by atoms with Crippen molar-refractivity contribution in [1.29, 1.82) is 0 Å². The number of sulfonamides is 1. The van der Waals surface area contributed by atoms with Crippen LogP contribution < -0.4 is 10.6 Å². The number of hydrogen-bond acceptors (Lipinski definition) is 5. The first-order valence-corrected chi connectivity index (χ1v) is 11.4. The summed E-state index contributed by atoms with van der Waals surface area (Å²) < 4.78 is 31.4. The standard InChI is InChI=1S/C23H25N3O5S/c1-16(2)26(3)32(29,30)20-11-9-18(10-12-20)22(27)24-15-17-6-4-7-19(14-17)25-23(28)21-8-5-13-31-21/h4-14,16H,15H2,1-3H3,(H,24,27)(H,25,28). The van der Waals surface area contributed by atoms with Crippen LogP contribution in [0.2, 0.25) is 0 Å². The number of rotatable bonds is 8. The molecule has 0 saturated carbocycles. The summed E-state index contributed by atoms with van der Waals surface area (Å²) >= 11 is 0. The number of nitrogens with one attached hydrogen (secondary N) is 2. The highest BCUT2D eigenvalue weighted by atomic mass is 32.2. The van der Waals surface area contributed by atoms with Crippen LogP contribution in [0.3, 0.4) is 0 Å². The van der Waals surface area contributed by atoms with Crippen LogP contribution in [0.1, 0.15) is 40.3 Å². The zero-order valence-corrected chi connectivity index (χ0v) is 18.8. The number of nitrogens with zero attached hydrogens (tertiary/aromatic N) is 1. The molecule has 0 atom stereocenters. The molecule has 168 valence electrons. The second kappa shape index (κ2) is 9.80.